The Labute approximate surface area is 95.7 Å². The molecule has 0 heterocycles. The highest BCUT2D eigenvalue weighted by Crippen LogP contribution is 2.34. The summed E-state index contributed by atoms with van der Waals surface area (Å²) in [6.45, 7) is 0. The summed E-state index contributed by atoms with van der Waals surface area (Å²) in [6.07, 6.45) is 0. The van der Waals surface area contributed by atoms with E-state index in [1.807, 2.05) is 0 Å². The minimum atomic E-state index is -0.728. The summed E-state index contributed by atoms with van der Waals surface area (Å²) in [4.78, 5) is 19.9. The van der Waals surface area contributed by atoms with E-state index < -0.39 is 15.5 Å². The van der Waals surface area contributed by atoms with Crippen LogP contribution < -0.4 is 4.74 Å². The van der Waals surface area contributed by atoms with Gasteiger partial charge in [-0.3, -0.25) is 20.2 Å². The van der Waals surface area contributed by atoms with Gasteiger partial charge in [-0.05, 0) is 6.07 Å². The molecule has 0 amide bonds. The zero-order valence-electron chi connectivity index (χ0n) is 8.24. The second-order valence-electron chi connectivity index (χ2n) is 2.83. The number of ether oxygens (including phenoxy) is 1. The fourth-order valence-electron chi connectivity index (χ4n) is 1.20. The average molecular weight is 244 g/mol. The number of methoxy groups -OCH3 is 1. The molecule has 0 atom stereocenters. The van der Waals surface area contributed by atoms with Crippen LogP contribution >= 0.6 is 12.6 Å². The van der Waals surface area contributed by atoms with Gasteiger partial charge in [0.1, 0.15) is 0 Å². The predicted octanol–water partition coefficient (Wildman–Crippen LogP) is 1.94. The highest BCUT2D eigenvalue weighted by Gasteiger charge is 2.24. The van der Waals surface area contributed by atoms with E-state index >= 15 is 0 Å². The lowest BCUT2D eigenvalue weighted by atomic mass is 10.1. The largest absolute Gasteiger partial charge is 0.490 e. The topological polar surface area (TPSA) is 95.5 Å². The Morgan fingerprint density at radius 1 is 1.25 bits per heavy atom. The van der Waals surface area contributed by atoms with E-state index in [1.54, 1.807) is 0 Å². The van der Waals surface area contributed by atoms with Gasteiger partial charge in [0.15, 0.2) is 5.75 Å². The van der Waals surface area contributed by atoms with Gasteiger partial charge >= 0.3 is 5.69 Å². The third-order valence-corrected chi connectivity index (χ3v) is 2.28. The quantitative estimate of drug-likeness (QED) is 0.496. The summed E-state index contributed by atoms with van der Waals surface area (Å²) < 4.78 is 4.79. The molecule has 0 N–H and O–H groups in total. The molecule has 0 unspecified atom stereocenters. The maximum atomic E-state index is 10.7. The Hall–Kier alpha value is -1.83. The van der Waals surface area contributed by atoms with Crippen molar-refractivity contribution in [3.8, 4) is 5.75 Å². The maximum Gasteiger partial charge on any atom is 0.317 e. The third kappa shape index (κ3) is 2.22. The summed E-state index contributed by atoms with van der Waals surface area (Å²) in [5.74, 6) is 0.0876. The molecule has 1 rings (SSSR count). The molecule has 1 aromatic rings. The molecular weight excluding hydrogens is 236 g/mol. The van der Waals surface area contributed by atoms with Crippen molar-refractivity contribution < 1.29 is 14.6 Å². The smallest absolute Gasteiger partial charge is 0.317 e. The Bertz CT molecular complexity index is 411. The van der Waals surface area contributed by atoms with E-state index in [1.165, 1.54) is 13.2 Å². The minimum Gasteiger partial charge on any atom is -0.490 e. The van der Waals surface area contributed by atoms with Crippen molar-refractivity contribution in [3.05, 3.63) is 37.9 Å². The second kappa shape index (κ2) is 4.79. The van der Waals surface area contributed by atoms with Crippen LogP contribution in [0.15, 0.2) is 12.1 Å². The molecule has 0 bridgehead atoms. The molecule has 0 aliphatic carbocycles. The van der Waals surface area contributed by atoms with E-state index in [9.17, 15) is 20.2 Å². The Morgan fingerprint density at radius 3 is 2.19 bits per heavy atom. The van der Waals surface area contributed by atoms with Crippen molar-refractivity contribution in [2.24, 2.45) is 0 Å². The zero-order valence-corrected chi connectivity index (χ0v) is 9.14. The Kier molecular flexibility index (Phi) is 3.67. The second-order valence-corrected chi connectivity index (χ2v) is 3.14. The van der Waals surface area contributed by atoms with Gasteiger partial charge in [0, 0.05) is 11.3 Å². The van der Waals surface area contributed by atoms with Gasteiger partial charge in [-0.25, -0.2) is 0 Å². The summed E-state index contributed by atoms with van der Waals surface area (Å²) in [5.41, 5.74) is -0.488. The summed E-state index contributed by atoms with van der Waals surface area (Å²) >= 11 is 3.92. The monoisotopic (exact) mass is 244 g/mol. The van der Waals surface area contributed by atoms with Crippen LogP contribution in [0.25, 0.3) is 0 Å². The molecule has 7 nitrogen and oxygen atoms in total. The standard InChI is InChI=1S/C8H8N2O5S/c1-15-8-2-5(4-16)6(9(11)12)3-7(8)10(13)14/h2-3,16H,4H2,1H3. The van der Waals surface area contributed by atoms with Crippen molar-refractivity contribution >= 4 is 24.0 Å². The summed E-state index contributed by atoms with van der Waals surface area (Å²) in [5, 5.41) is 21.3. The number of hydrogen-bond donors (Lipinski definition) is 1. The van der Waals surface area contributed by atoms with E-state index in [0.717, 1.165) is 6.07 Å². The predicted molar refractivity (Wildman–Crippen MR) is 59.0 cm³/mol. The van der Waals surface area contributed by atoms with Crippen LogP contribution in [0, 0.1) is 20.2 Å². The number of thiol groups is 1. The molecule has 16 heavy (non-hydrogen) atoms. The van der Waals surface area contributed by atoms with Gasteiger partial charge in [0.25, 0.3) is 5.69 Å². The molecular formula is C8H8N2O5S. The lowest BCUT2D eigenvalue weighted by molar-refractivity contribution is -0.395. The fourth-order valence-corrected chi connectivity index (χ4v) is 1.46. The highest BCUT2D eigenvalue weighted by atomic mass is 32.1. The van der Waals surface area contributed by atoms with Crippen molar-refractivity contribution in [3.63, 3.8) is 0 Å². The van der Waals surface area contributed by atoms with Gasteiger partial charge in [-0.2, -0.15) is 12.6 Å². The number of benzene rings is 1. The molecule has 0 saturated carbocycles. The zero-order chi connectivity index (χ0) is 12.3. The van der Waals surface area contributed by atoms with Crippen molar-refractivity contribution in [1.29, 1.82) is 0 Å². The number of rotatable bonds is 4. The van der Waals surface area contributed by atoms with E-state index in [-0.39, 0.29) is 22.8 Å². The number of nitro groups is 2. The van der Waals surface area contributed by atoms with Crippen LogP contribution in [0.5, 0.6) is 5.75 Å². The normalized spacial score (nSPS) is 9.88. The maximum absolute atomic E-state index is 10.7. The average Bonchev–Trinajstić information content (AvgIpc) is 2.26. The van der Waals surface area contributed by atoms with E-state index in [0.29, 0.717) is 0 Å². The lowest BCUT2D eigenvalue weighted by Gasteiger charge is -2.04. The molecule has 1 aromatic carbocycles. The SMILES string of the molecule is COc1cc(CS)c([N+](=O)[O-])cc1[N+](=O)[O-]. The molecule has 0 saturated heterocycles. The third-order valence-electron chi connectivity index (χ3n) is 1.94. The number of nitrogens with zero attached hydrogens (tertiary/aromatic N) is 2. The van der Waals surface area contributed by atoms with E-state index in [4.69, 9.17) is 4.74 Å². The van der Waals surface area contributed by atoms with Crippen LogP contribution in [0.1, 0.15) is 5.56 Å². The van der Waals surface area contributed by atoms with Crippen LogP contribution in [-0.4, -0.2) is 17.0 Å². The van der Waals surface area contributed by atoms with Gasteiger partial charge in [-0.15, -0.1) is 0 Å². The lowest BCUT2D eigenvalue weighted by Crippen LogP contribution is -1.99. The van der Waals surface area contributed by atoms with Gasteiger partial charge in [0.2, 0.25) is 0 Å². The molecule has 0 aromatic heterocycles. The summed E-state index contributed by atoms with van der Waals surface area (Å²) in [6, 6.07) is 2.13. The first kappa shape index (κ1) is 12.2. The van der Waals surface area contributed by atoms with Crippen LogP contribution in [0.2, 0.25) is 0 Å². The minimum absolute atomic E-state index is 0.0142. The van der Waals surface area contributed by atoms with Crippen molar-refractivity contribution in [2.75, 3.05) is 7.11 Å². The molecule has 0 aliphatic heterocycles. The first-order valence-corrected chi connectivity index (χ1v) is 4.75. The molecule has 0 radical (unpaired) electrons. The number of hydrogen-bond acceptors (Lipinski definition) is 6. The molecule has 0 fully saturated rings. The van der Waals surface area contributed by atoms with Crippen LogP contribution in [0.3, 0.4) is 0 Å². The summed E-state index contributed by atoms with van der Waals surface area (Å²) in [7, 11) is 1.26. The highest BCUT2D eigenvalue weighted by molar-refractivity contribution is 7.79. The van der Waals surface area contributed by atoms with Crippen LogP contribution in [-0.2, 0) is 5.75 Å². The first-order chi connectivity index (χ1) is 7.51. The van der Waals surface area contributed by atoms with Gasteiger partial charge < -0.3 is 4.74 Å². The molecule has 86 valence electrons. The van der Waals surface area contributed by atoms with Gasteiger partial charge in [0.05, 0.1) is 23.0 Å². The Balaban J connectivity index is 3.46. The van der Waals surface area contributed by atoms with E-state index in [2.05, 4.69) is 12.6 Å². The number of nitro benzene ring substituents is 2. The molecule has 0 spiro atoms. The molecule has 0 aliphatic rings. The van der Waals surface area contributed by atoms with Crippen LogP contribution in [0.4, 0.5) is 11.4 Å². The first-order valence-electron chi connectivity index (χ1n) is 4.11. The van der Waals surface area contributed by atoms with Gasteiger partial charge in [-0.1, -0.05) is 0 Å². The van der Waals surface area contributed by atoms with Crippen molar-refractivity contribution in [2.45, 2.75) is 5.75 Å². The van der Waals surface area contributed by atoms with Crippen molar-refractivity contribution in [1.82, 2.24) is 0 Å². The Morgan fingerprint density at radius 2 is 1.81 bits per heavy atom. The molecule has 8 heteroatoms. The fraction of sp³-hybridized carbons (Fsp3) is 0.250.